The van der Waals surface area contributed by atoms with Crippen molar-refractivity contribution in [3.63, 3.8) is 0 Å². The lowest BCUT2D eigenvalue weighted by molar-refractivity contribution is -0.133. The summed E-state index contributed by atoms with van der Waals surface area (Å²) in [6, 6.07) is 10.2. The number of carbonyl (C=O) groups is 2. The minimum absolute atomic E-state index is 0.00895. The van der Waals surface area contributed by atoms with Crippen molar-refractivity contribution in [1.29, 1.82) is 0 Å². The Kier molecular flexibility index (Phi) is 6.99. The molecule has 1 aromatic heterocycles. The average molecular weight is 400 g/mol. The summed E-state index contributed by atoms with van der Waals surface area (Å²) < 4.78 is 14.7. The van der Waals surface area contributed by atoms with Crippen LogP contribution in [0, 0.1) is 11.7 Å². The molecule has 29 heavy (non-hydrogen) atoms. The Bertz CT molecular complexity index is 915. The maximum atomic E-state index is 13.2. The molecule has 0 radical (unpaired) electrons. The van der Waals surface area contributed by atoms with Gasteiger partial charge in [-0.05, 0) is 43.0 Å². The van der Waals surface area contributed by atoms with Gasteiger partial charge in [-0.3, -0.25) is 9.59 Å². The largest absolute Gasteiger partial charge is 0.342 e. The van der Waals surface area contributed by atoms with E-state index in [4.69, 9.17) is 0 Å². The molecule has 1 saturated heterocycles. The molecule has 0 spiro atoms. The molecule has 1 aliphatic rings. The van der Waals surface area contributed by atoms with Crippen LogP contribution in [0.1, 0.15) is 19.3 Å². The van der Waals surface area contributed by atoms with Crippen LogP contribution in [0.25, 0.3) is 0 Å². The average Bonchev–Trinajstić information content (AvgIpc) is 2.72. The van der Waals surface area contributed by atoms with Gasteiger partial charge in [0, 0.05) is 50.6 Å². The third-order valence-electron chi connectivity index (χ3n) is 4.97. The van der Waals surface area contributed by atoms with Gasteiger partial charge in [0.1, 0.15) is 5.82 Å². The highest BCUT2D eigenvalue weighted by molar-refractivity contribution is 5.89. The van der Waals surface area contributed by atoms with E-state index in [9.17, 15) is 18.8 Å². The molecule has 0 bridgehead atoms. The van der Waals surface area contributed by atoms with E-state index in [1.165, 1.54) is 28.8 Å². The van der Waals surface area contributed by atoms with Gasteiger partial charge in [0.15, 0.2) is 0 Å². The normalized spacial score (nSPS) is 16.3. The first kappa shape index (κ1) is 20.6. The third-order valence-corrected chi connectivity index (χ3v) is 4.97. The summed E-state index contributed by atoms with van der Waals surface area (Å²) in [7, 11) is 0. The van der Waals surface area contributed by atoms with Crippen LogP contribution in [0.2, 0.25) is 0 Å². The molecule has 2 N–H and O–H groups in total. The van der Waals surface area contributed by atoms with Gasteiger partial charge in [0.25, 0.3) is 5.56 Å². The molecule has 1 aromatic carbocycles. The number of pyridine rings is 1. The van der Waals surface area contributed by atoms with E-state index in [0.717, 1.165) is 12.8 Å². The summed E-state index contributed by atoms with van der Waals surface area (Å²) in [5, 5.41) is 5.39. The van der Waals surface area contributed by atoms with Crippen molar-refractivity contribution in [2.24, 2.45) is 5.92 Å². The van der Waals surface area contributed by atoms with Crippen molar-refractivity contribution in [3.05, 3.63) is 64.8 Å². The predicted molar refractivity (Wildman–Crippen MR) is 108 cm³/mol. The van der Waals surface area contributed by atoms with Crippen molar-refractivity contribution >= 4 is 17.6 Å². The summed E-state index contributed by atoms with van der Waals surface area (Å²) >= 11 is 0. The van der Waals surface area contributed by atoms with Crippen molar-refractivity contribution in [2.75, 3.05) is 25.0 Å². The zero-order valence-corrected chi connectivity index (χ0v) is 16.1. The predicted octanol–water partition coefficient (Wildman–Crippen LogP) is 2.44. The number of rotatable bonds is 6. The lowest BCUT2D eigenvalue weighted by Crippen LogP contribution is -2.44. The van der Waals surface area contributed by atoms with Crippen LogP contribution < -0.4 is 16.2 Å². The van der Waals surface area contributed by atoms with Gasteiger partial charge in [-0.25, -0.2) is 9.18 Å². The highest BCUT2D eigenvalue weighted by Crippen LogP contribution is 2.17. The Labute approximate surface area is 168 Å². The van der Waals surface area contributed by atoms with Crippen molar-refractivity contribution < 1.29 is 14.0 Å². The summed E-state index contributed by atoms with van der Waals surface area (Å²) in [6.07, 6.45) is 3.73. The molecule has 2 aromatic rings. The lowest BCUT2D eigenvalue weighted by Gasteiger charge is -2.33. The second kappa shape index (κ2) is 9.86. The molecule has 2 heterocycles. The number of benzene rings is 1. The maximum absolute atomic E-state index is 13.2. The number of halogens is 1. The first-order chi connectivity index (χ1) is 14.0. The second-order valence-corrected chi connectivity index (χ2v) is 7.18. The van der Waals surface area contributed by atoms with Crippen molar-refractivity contribution in [2.45, 2.75) is 25.8 Å². The van der Waals surface area contributed by atoms with Gasteiger partial charge in [0.2, 0.25) is 5.91 Å². The van der Waals surface area contributed by atoms with Crippen molar-refractivity contribution in [1.82, 2.24) is 14.8 Å². The van der Waals surface area contributed by atoms with Crippen LogP contribution >= 0.6 is 0 Å². The summed E-state index contributed by atoms with van der Waals surface area (Å²) in [5.74, 6) is -0.248. The van der Waals surface area contributed by atoms with E-state index in [1.54, 1.807) is 29.3 Å². The SMILES string of the molecule is O=C(NCC1CCCN(C(=O)CCn2ccccc2=O)C1)Nc1cccc(F)c1. The quantitative estimate of drug-likeness (QED) is 0.781. The van der Waals surface area contributed by atoms with Crippen LogP contribution in [0.15, 0.2) is 53.5 Å². The number of hydrogen-bond donors (Lipinski definition) is 2. The second-order valence-electron chi connectivity index (χ2n) is 7.18. The lowest BCUT2D eigenvalue weighted by atomic mass is 9.97. The number of aryl methyl sites for hydroxylation is 1. The number of amides is 3. The monoisotopic (exact) mass is 400 g/mol. The molecule has 154 valence electrons. The topological polar surface area (TPSA) is 83.4 Å². The Morgan fingerprint density at radius 2 is 2.03 bits per heavy atom. The molecule has 1 aliphatic heterocycles. The Balaban J connectivity index is 1.43. The zero-order valence-electron chi connectivity index (χ0n) is 16.1. The molecule has 0 saturated carbocycles. The minimum atomic E-state index is -0.415. The number of hydrogen-bond acceptors (Lipinski definition) is 3. The van der Waals surface area contributed by atoms with E-state index in [2.05, 4.69) is 10.6 Å². The molecular formula is C21H25FN4O3. The van der Waals surface area contributed by atoms with Crippen LogP contribution in [0.5, 0.6) is 0 Å². The Morgan fingerprint density at radius 1 is 1.17 bits per heavy atom. The number of nitrogens with zero attached hydrogens (tertiary/aromatic N) is 2. The van der Waals surface area contributed by atoms with Gasteiger partial charge in [-0.2, -0.15) is 0 Å². The third kappa shape index (κ3) is 6.17. The molecule has 0 aliphatic carbocycles. The standard InChI is InChI=1S/C21H25FN4O3/c22-17-6-3-7-18(13-17)24-21(29)23-14-16-5-4-11-26(15-16)20(28)9-12-25-10-2-1-8-19(25)27/h1-3,6-8,10,13,16H,4-5,9,11-12,14-15H2,(H2,23,24,29). The fourth-order valence-electron chi connectivity index (χ4n) is 3.46. The molecular weight excluding hydrogens is 375 g/mol. The van der Waals surface area contributed by atoms with Gasteiger partial charge in [0.05, 0.1) is 0 Å². The number of nitrogens with one attached hydrogen (secondary N) is 2. The first-order valence-electron chi connectivity index (χ1n) is 9.75. The zero-order chi connectivity index (χ0) is 20.6. The Hall–Kier alpha value is -3.16. The molecule has 1 atom stereocenters. The molecule has 7 nitrogen and oxygen atoms in total. The van der Waals surface area contributed by atoms with Gasteiger partial charge >= 0.3 is 6.03 Å². The first-order valence-corrected chi connectivity index (χ1v) is 9.75. The van der Waals surface area contributed by atoms with Crippen LogP contribution in [0.3, 0.4) is 0 Å². The fraction of sp³-hybridized carbons (Fsp3) is 0.381. The number of piperidine rings is 1. The summed E-state index contributed by atoms with van der Waals surface area (Å²) in [4.78, 5) is 38.1. The molecule has 3 rings (SSSR count). The van der Waals surface area contributed by atoms with E-state index < -0.39 is 11.8 Å². The fourth-order valence-corrected chi connectivity index (χ4v) is 3.46. The molecule has 3 amide bonds. The van der Waals surface area contributed by atoms with Gasteiger partial charge in [-0.15, -0.1) is 0 Å². The minimum Gasteiger partial charge on any atom is -0.342 e. The van der Waals surface area contributed by atoms with E-state index in [1.807, 2.05) is 0 Å². The summed E-state index contributed by atoms with van der Waals surface area (Å²) in [6.45, 7) is 2.05. The molecule has 8 heteroatoms. The number of aromatic nitrogens is 1. The van der Waals surface area contributed by atoms with E-state index in [-0.39, 0.29) is 23.8 Å². The van der Waals surface area contributed by atoms with Crippen LogP contribution in [-0.2, 0) is 11.3 Å². The number of anilines is 1. The van der Waals surface area contributed by atoms with Crippen LogP contribution in [0.4, 0.5) is 14.9 Å². The summed E-state index contributed by atoms with van der Waals surface area (Å²) in [5.41, 5.74) is 0.268. The molecule has 1 fully saturated rings. The Morgan fingerprint density at radius 3 is 2.83 bits per heavy atom. The number of likely N-dealkylation sites (tertiary alicyclic amines) is 1. The maximum Gasteiger partial charge on any atom is 0.319 e. The molecule has 1 unspecified atom stereocenters. The van der Waals surface area contributed by atoms with E-state index in [0.29, 0.717) is 31.9 Å². The van der Waals surface area contributed by atoms with Gasteiger partial charge < -0.3 is 20.1 Å². The smallest absolute Gasteiger partial charge is 0.319 e. The van der Waals surface area contributed by atoms with E-state index >= 15 is 0 Å². The van der Waals surface area contributed by atoms with Gasteiger partial charge in [-0.1, -0.05) is 12.1 Å². The highest BCUT2D eigenvalue weighted by Gasteiger charge is 2.23. The highest BCUT2D eigenvalue weighted by atomic mass is 19.1. The van der Waals surface area contributed by atoms with Crippen LogP contribution in [-0.4, -0.2) is 41.0 Å². The number of carbonyl (C=O) groups excluding carboxylic acids is 2. The van der Waals surface area contributed by atoms with Crippen molar-refractivity contribution in [3.8, 4) is 0 Å². The number of urea groups is 1.